The zero-order valence-electron chi connectivity index (χ0n) is 15.4. The van der Waals surface area contributed by atoms with Crippen molar-refractivity contribution in [1.82, 2.24) is 29.9 Å². The van der Waals surface area contributed by atoms with Crippen molar-refractivity contribution in [2.45, 2.75) is 13.3 Å². The zero-order chi connectivity index (χ0) is 19.1. The topological polar surface area (TPSA) is 88.3 Å². The van der Waals surface area contributed by atoms with Crippen molar-refractivity contribution >= 4 is 34.1 Å². The molecule has 28 heavy (non-hydrogen) atoms. The van der Waals surface area contributed by atoms with E-state index in [1.807, 2.05) is 53.4 Å². The molecule has 3 heterocycles. The maximum atomic E-state index is 12.6. The van der Waals surface area contributed by atoms with Gasteiger partial charge >= 0.3 is 0 Å². The van der Waals surface area contributed by atoms with E-state index in [1.165, 1.54) is 0 Å². The van der Waals surface area contributed by atoms with E-state index >= 15 is 0 Å². The molecule has 0 saturated carbocycles. The SMILES string of the molecule is CC1CCN(C(=O)c2ccc(Nc3nc4ccccc4n4nnnc34)cc2)C1. The first-order valence-corrected chi connectivity index (χ1v) is 9.32. The molecule has 0 radical (unpaired) electrons. The molecular formula is C20H19N7O. The summed E-state index contributed by atoms with van der Waals surface area (Å²) in [6, 6.07) is 15.1. The van der Waals surface area contributed by atoms with Crippen molar-refractivity contribution in [1.29, 1.82) is 0 Å². The lowest BCUT2D eigenvalue weighted by Gasteiger charge is -2.16. The Kier molecular flexibility index (Phi) is 3.89. The number of rotatable bonds is 3. The number of hydrogen-bond donors (Lipinski definition) is 1. The number of carbonyl (C=O) groups is 1. The third kappa shape index (κ3) is 2.83. The predicted octanol–water partition coefficient (Wildman–Crippen LogP) is 2.90. The van der Waals surface area contributed by atoms with Crippen LogP contribution in [0.15, 0.2) is 48.5 Å². The quantitative estimate of drug-likeness (QED) is 0.594. The Labute approximate surface area is 161 Å². The molecule has 1 amide bonds. The van der Waals surface area contributed by atoms with Crippen LogP contribution in [0.25, 0.3) is 16.7 Å². The minimum atomic E-state index is 0.0868. The van der Waals surface area contributed by atoms with Crippen LogP contribution >= 0.6 is 0 Å². The third-order valence-electron chi connectivity index (χ3n) is 5.13. The first kappa shape index (κ1) is 16.6. The summed E-state index contributed by atoms with van der Waals surface area (Å²) in [6.45, 7) is 3.84. The number of fused-ring (bicyclic) bond motifs is 3. The van der Waals surface area contributed by atoms with Crippen molar-refractivity contribution in [3.05, 3.63) is 54.1 Å². The number of benzene rings is 2. The summed E-state index contributed by atoms with van der Waals surface area (Å²) in [5.74, 6) is 1.22. The lowest BCUT2D eigenvalue weighted by molar-refractivity contribution is 0.0788. The summed E-state index contributed by atoms with van der Waals surface area (Å²) in [6.07, 6.45) is 1.07. The highest BCUT2D eigenvalue weighted by atomic mass is 16.2. The molecule has 1 aliphatic heterocycles. The molecule has 1 saturated heterocycles. The Morgan fingerprint density at radius 3 is 2.75 bits per heavy atom. The molecule has 4 aromatic rings. The second-order valence-corrected chi connectivity index (χ2v) is 7.21. The van der Waals surface area contributed by atoms with E-state index in [0.29, 0.717) is 22.9 Å². The number of tetrazole rings is 1. The standard InChI is InChI=1S/C20H19N7O/c1-13-10-11-26(12-13)20(28)14-6-8-15(9-7-14)21-18-19-23-24-25-27(19)17-5-3-2-4-16(17)22-18/h2-9,13H,10-12H2,1H3,(H,21,22). The maximum Gasteiger partial charge on any atom is 0.253 e. The number of aromatic nitrogens is 5. The Bertz CT molecular complexity index is 1170. The molecule has 2 aromatic heterocycles. The summed E-state index contributed by atoms with van der Waals surface area (Å²) < 4.78 is 1.66. The van der Waals surface area contributed by atoms with E-state index in [1.54, 1.807) is 4.52 Å². The summed E-state index contributed by atoms with van der Waals surface area (Å²) >= 11 is 0. The van der Waals surface area contributed by atoms with Crippen LogP contribution in [0.2, 0.25) is 0 Å². The number of carbonyl (C=O) groups excluding carboxylic acids is 1. The minimum absolute atomic E-state index is 0.0868. The smallest absolute Gasteiger partial charge is 0.253 e. The van der Waals surface area contributed by atoms with Crippen LogP contribution in [0.1, 0.15) is 23.7 Å². The van der Waals surface area contributed by atoms with Gasteiger partial charge in [0.2, 0.25) is 5.65 Å². The molecule has 0 bridgehead atoms. The largest absolute Gasteiger partial charge is 0.338 e. The van der Waals surface area contributed by atoms with Crippen LogP contribution < -0.4 is 5.32 Å². The van der Waals surface area contributed by atoms with Crippen LogP contribution in [0, 0.1) is 5.92 Å². The highest BCUT2D eigenvalue weighted by molar-refractivity contribution is 5.95. The summed E-state index contributed by atoms with van der Waals surface area (Å²) in [4.78, 5) is 19.2. The number of likely N-dealkylation sites (tertiary alicyclic amines) is 1. The van der Waals surface area contributed by atoms with Gasteiger partial charge in [-0.05, 0) is 59.2 Å². The first-order valence-electron chi connectivity index (χ1n) is 9.32. The Balaban J connectivity index is 1.43. The van der Waals surface area contributed by atoms with Crippen molar-refractivity contribution in [3.8, 4) is 0 Å². The van der Waals surface area contributed by atoms with Crippen LogP contribution in [0.3, 0.4) is 0 Å². The van der Waals surface area contributed by atoms with Gasteiger partial charge < -0.3 is 10.2 Å². The van der Waals surface area contributed by atoms with Gasteiger partial charge in [0.25, 0.3) is 5.91 Å². The molecule has 8 heteroatoms. The monoisotopic (exact) mass is 373 g/mol. The molecule has 1 fully saturated rings. The van der Waals surface area contributed by atoms with E-state index in [0.717, 1.165) is 36.2 Å². The highest BCUT2D eigenvalue weighted by Gasteiger charge is 2.24. The summed E-state index contributed by atoms with van der Waals surface area (Å²) in [5, 5.41) is 15.2. The molecule has 0 spiro atoms. The molecule has 1 N–H and O–H groups in total. The molecule has 2 aromatic carbocycles. The van der Waals surface area contributed by atoms with E-state index in [9.17, 15) is 4.79 Å². The molecule has 1 unspecified atom stereocenters. The fourth-order valence-electron chi connectivity index (χ4n) is 3.62. The van der Waals surface area contributed by atoms with Gasteiger partial charge in [0.1, 0.15) is 0 Å². The highest BCUT2D eigenvalue weighted by Crippen LogP contribution is 2.23. The van der Waals surface area contributed by atoms with Crippen LogP contribution in [0.4, 0.5) is 11.5 Å². The molecule has 1 aliphatic rings. The molecular weight excluding hydrogens is 354 g/mol. The van der Waals surface area contributed by atoms with Crippen LogP contribution in [0.5, 0.6) is 0 Å². The average Bonchev–Trinajstić information content (AvgIpc) is 3.38. The molecule has 140 valence electrons. The normalized spacial score (nSPS) is 16.8. The number of nitrogens with one attached hydrogen (secondary N) is 1. The molecule has 1 atom stereocenters. The van der Waals surface area contributed by atoms with Crippen LogP contribution in [-0.4, -0.2) is 48.9 Å². The van der Waals surface area contributed by atoms with Crippen molar-refractivity contribution in [2.24, 2.45) is 5.92 Å². The second kappa shape index (κ2) is 6.56. The van der Waals surface area contributed by atoms with Crippen molar-refractivity contribution in [3.63, 3.8) is 0 Å². The Morgan fingerprint density at radius 2 is 1.96 bits per heavy atom. The van der Waals surface area contributed by atoms with E-state index in [-0.39, 0.29) is 5.91 Å². The number of anilines is 2. The maximum absolute atomic E-state index is 12.6. The number of para-hydroxylation sites is 2. The number of hydrogen-bond acceptors (Lipinski definition) is 6. The summed E-state index contributed by atoms with van der Waals surface area (Å²) in [5.41, 5.74) is 3.69. The fraction of sp³-hybridized carbons (Fsp3) is 0.250. The van der Waals surface area contributed by atoms with Gasteiger partial charge in [-0.15, -0.1) is 5.10 Å². The number of nitrogens with zero attached hydrogens (tertiary/aromatic N) is 6. The van der Waals surface area contributed by atoms with E-state index < -0.39 is 0 Å². The first-order chi connectivity index (χ1) is 13.7. The van der Waals surface area contributed by atoms with Crippen LogP contribution in [-0.2, 0) is 0 Å². The van der Waals surface area contributed by atoms with Gasteiger partial charge in [-0.2, -0.15) is 4.52 Å². The van der Waals surface area contributed by atoms with Crippen molar-refractivity contribution < 1.29 is 4.79 Å². The van der Waals surface area contributed by atoms with E-state index in [2.05, 4.69) is 32.7 Å². The molecule has 0 aliphatic carbocycles. The van der Waals surface area contributed by atoms with Gasteiger partial charge in [-0.25, -0.2) is 4.98 Å². The third-order valence-corrected chi connectivity index (χ3v) is 5.13. The summed E-state index contributed by atoms with van der Waals surface area (Å²) in [7, 11) is 0. The lowest BCUT2D eigenvalue weighted by Crippen LogP contribution is -2.28. The van der Waals surface area contributed by atoms with Gasteiger partial charge in [0.05, 0.1) is 11.0 Å². The second-order valence-electron chi connectivity index (χ2n) is 7.21. The van der Waals surface area contributed by atoms with Gasteiger partial charge in [0, 0.05) is 24.3 Å². The fourth-order valence-corrected chi connectivity index (χ4v) is 3.62. The average molecular weight is 373 g/mol. The van der Waals surface area contributed by atoms with Gasteiger partial charge in [0.15, 0.2) is 5.82 Å². The zero-order valence-corrected chi connectivity index (χ0v) is 15.4. The van der Waals surface area contributed by atoms with Gasteiger partial charge in [-0.1, -0.05) is 19.1 Å². The van der Waals surface area contributed by atoms with E-state index in [4.69, 9.17) is 0 Å². The Hall–Kier alpha value is -3.55. The minimum Gasteiger partial charge on any atom is -0.338 e. The van der Waals surface area contributed by atoms with Crippen molar-refractivity contribution in [2.75, 3.05) is 18.4 Å². The Morgan fingerprint density at radius 1 is 1.14 bits per heavy atom. The molecule has 5 rings (SSSR count). The number of amides is 1. The molecule has 8 nitrogen and oxygen atoms in total. The lowest BCUT2D eigenvalue weighted by atomic mass is 10.1. The van der Waals surface area contributed by atoms with Gasteiger partial charge in [-0.3, -0.25) is 4.79 Å². The predicted molar refractivity (Wildman–Crippen MR) is 105 cm³/mol.